The highest BCUT2D eigenvalue weighted by molar-refractivity contribution is 7.13. The smallest absolute Gasteiger partial charge is 0.428 e. The van der Waals surface area contributed by atoms with E-state index in [2.05, 4.69) is 11.8 Å². The highest BCUT2D eigenvalue weighted by Crippen LogP contribution is 2.56. The molecule has 1 fully saturated rings. The summed E-state index contributed by atoms with van der Waals surface area (Å²) >= 11 is 1.26. The van der Waals surface area contributed by atoms with Gasteiger partial charge in [0.2, 0.25) is 5.60 Å². The molecule has 34 heavy (non-hydrogen) atoms. The lowest BCUT2D eigenvalue weighted by Crippen LogP contribution is -2.52. The summed E-state index contributed by atoms with van der Waals surface area (Å²) in [7, 11) is 1.30. The average Bonchev–Trinajstić information content (AvgIpc) is 3.35. The van der Waals surface area contributed by atoms with Gasteiger partial charge >= 0.3 is 18.1 Å². The van der Waals surface area contributed by atoms with E-state index in [0.29, 0.717) is 17.7 Å². The largest absolute Gasteiger partial charge is 0.465 e. The summed E-state index contributed by atoms with van der Waals surface area (Å²) in [5.41, 5.74) is -1.85. The van der Waals surface area contributed by atoms with E-state index in [0.717, 1.165) is 17.4 Å². The predicted octanol–water partition coefficient (Wildman–Crippen LogP) is 6.05. The SMILES string of the molecule is COC(=O)c1ccc(CCC[C@@H]2[C@@H](C#Cc3ccccc3)[C@H](C)C[C@@]2(OC(C)=O)C(F)(F)F)s1. The van der Waals surface area contributed by atoms with Crippen LogP contribution < -0.4 is 0 Å². The maximum Gasteiger partial charge on any atom is 0.428 e. The van der Waals surface area contributed by atoms with Crippen molar-refractivity contribution in [2.24, 2.45) is 17.8 Å². The maximum absolute atomic E-state index is 14.4. The first-order valence-electron chi connectivity index (χ1n) is 11.1. The van der Waals surface area contributed by atoms with Gasteiger partial charge < -0.3 is 9.47 Å². The predicted molar refractivity (Wildman–Crippen MR) is 123 cm³/mol. The minimum atomic E-state index is -4.72. The molecule has 2 aromatic rings. The molecular formula is C26H27F3O4S. The van der Waals surface area contributed by atoms with Crippen molar-refractivity contribution in [1.82, 2.24) is 0 Å². The van der Waals surface area contributed by atoms with Crippen molar-refractivity contribution >= 4 is 23.3 Å². The zero-order valence-electron chi connectivity index (χ0n) is 19.3. The van der Waals surface area contributed by atoms with Crippen LogP contribution in [0.4, 0.5) is 13.2 Å². The Labute approximate surface area is 201 Å². The second-order valence-electron chi connectivity index (χ2n) is 8.58. The van der Waals surface area contributed by atoms with Crippen molar-refractivity contribution in [2.45, 2.75) is 51.3 Å². The molecule has 4 nitrogen and oxygen atoms in total. The second kappa shape index (κ2) is 10.6. The van der Waals surface area contributed by atoms with E-state index in [1.54, 1.807) is 31.2 Å². The van der Waals surface area contributed by atoms with Crippen molar-refractivity contribution in [3.05, 3.63) is 57.8 Å². The summed E-state index contributed by atoms with van der Waals surface area (Å²) in [6.45, 7) is 2.74. The van der Waals surface area contributed by atoms with Gasteiger partial charge in [-0.05, 0) is 49.4 Å². The van der Waals surface area contributed by atoms with Crippen LogP contribution >= 0.6 is 11.3 Å². The summed E-state index contributed by atoms with van der Waals surface area (Å²) in [4.78, 5) is 24.8. The van der Waals surface area contributed by atoms with Gasteiger partial charge in [-0.3, -0.25) is 4.79 Å². The van der Waals surface area contributed by atoms with Crippen molar-refractivity contribution in [2.75, 3.05) is 7.11 Å². The van der Waals surface area contributed by atoms with Gasteiger partial charge in [0.05, 0.1) is 7.11 Å². The Morgan fingerprint density at radius 1 is 1.18 bits per heavy atom. The number of halogens is 3. The van der Waals surface area contributed by atoms with Crippen molar-refractivity contribution in [3.63, 3.8) is 0 Å². The van der Waals surface area contributed by atoms with Gasteiger partial charge in [0.15, 0.2) is 0 Å². The van der Waals surface area contributed by atoms with Crippen molar-refractivity contribution in [1.29, 1.82) is 0 Å². The quantitative estimate of drug-likeness (QED) is 0.364. The van der Waals surface area contributed by atoms with E-state index in [9.17, 15) is 22.8 Å². The Morgan fingerprint density at radius 2 is 1.88 bits per heavy atom. The minimum absolute atomic E-state index is 0.177. The average molecular weight is 493 g/mol. The normalized spacial score (nSPS) is 24.2. The molecule has 0 amide bonds. The number of rotatable bonds is 6. The fraction of sp³-hybridized carbons (Fsp3) is 0.462. The number of benzene rings is 1. The summed E-state index contributed by atoms with van der Waals surface area (Å²) in [5, 5.41) is 0. The molecule has 1 heterocycles. The van der Waals surface area contributed by atoms with Crippen LogP contribution in [0.3, 0.4) is 0 Å². The number of methoxy groups -OCH3 is 1. The van der Waals surface area contributed by atoms with Crippen LogP contribution in [0.2, 0.25) is 0 Å². The number of aryl methyl sites for hydroxylation is 1. The van der Waals surface area contributed by atoms with Crippen LogP contribution in [0.25, 0.3) is 0 Å². The van der Waals surface area contributed by atoms with Crippen LogP contribution in [-0.2, 0) is 20.7 Å². The third-order valence-electron chi connectivity index (χ3n) is 6.22. The van der Waals surface area contributed by atoms with Crippen LogP contribution in [-0.4, -0.2) is 30.8 Å². The Balaban J connectivity index is 1.88. The molecule has 0 spiro atoms. The van der Waals surface area contributed by atoms with Gasteiger partial charge in [-0.2, -0.15) is 13.2 Å². The lowest BCUT2D eigenvalue weighted by Gasteiger charge is -2.37. The number of hydrogen-bond acceptors (Lipinski definition) is 5. The molecule has 0 radical (unpaired) electrons. The molecular weight excluding hydrogens is 465 g/mol. The summed E-state index contributed by atoms with van der Waals surface area (Å²) in [6, 6.07) is 12.5. The molecule has 0 bridgehead atoms. The topological polar surface area (TPSA) is 52.6 Å². The molecule has 182 valence electrons. The Morgan fingerprint density at radius 3 is 2.50 bits per heavy atom. The Bertz CT molecular complexity index is 1070. The molecule has 8 heteroatoms. The molecule has 0 saturated heterocycles. The lowest BCUT2D eigenvalue weighted by molar-refractivity contribution is -0.283. The molecule has 1 aliphatic rings. The van der Waals surface area contributed by atoms with E-state index in [4.69, 9.17) is 9.47 Å². The first kappa shape index (κ1) is 25.8. The number of hydrogen-bond donors (Lipinski definition) is 0. The molecule has 0 unspecified atom stereocenters. The Kier molecular flexibility index (Phi) is 8.09. The number of carbonyl (C=O) groups is 2. The molecule has 1 aliphatic carbocycles. The third kappa shape index (κ3) is 5.64. The zero-order chi connectivity index (χ0) is 24.9. The van der Waals surface area contributed by atoms with E-state index in [1.807, 2.05) is 18.2 Å². The highest BCUT2D eigenvalue weighted by Gasteiger charge is 2.68. The fourth-order valence-corrected chi connectivity index (χ4v) is 5.73. The number of esters is 2. The first-order valence-corrected chi connectivity index (χ1v) is 11.9. The highest BCUT2D eigenvalue weighted by atomic mass is 32.1. The number of ether oxygens (including phenoxy) is 2. The molecule has 1 aromatic heterocycles. The first-order chi connectivity index (χ1) is 16.1. The van der Waals surface area contributed by atoms with Crippen LogP contribution in [0, 0.1) is 29.6 Å². The van der Waals surface area contributed by atoms with Crippen molar-refractivity contribution < 1.29 is 32.2 Å². The molecule has 3 rings (SSSR count). The van der Waals surface area contributed by atoms with E-state index in [1.165, 1.54) is 18.4 Å². The summed E-state index contributed by atoms with van der Waals surface area (Å²) < 4.78 is 53.1. The molecule has 1 aromatic carbocycles. The Hall–Kier alpha value is -2.79. The van der Waals surface area contributed by atoms with E-state index in [-0.39, 0.29) is 12.8 Å². The number of alkyl halides is 3. The van der Waals surface area contributed by atoms with E-state index < -0.39 is 41.5 Å². The van der Waals surface area contributed by atoms with Gasteiger partial charge in [-0.1, -0.05) is 37.0 Å². The van der Waals surface area contributed by atoms with Crippen LogP contribution in [0.5, 0.6) is 0 Å². The standard InChI is InChI=1S/C26H27F3O4S/c1-17-16-25(26(27,28)29,33-18(2)30)22(21(17)14-12-19-8-5-4-6-9-19)11-7-10-20-13-15-23(34-20)24(31)32-3/h4-6,8-9,13,15,17,21-22H,7,10-11,16H2,1-3H3/t17-,21+,22-,25+/m1/s1. The number of carbonyl (C=O) groups excluding carboxylic acids is 2. The minimum Gasteiger partial charge on any atom is -0.465 e. The van der Waals surface area contributed by atoms with E-state index >= 15 is 0 Å². The zero-order valence-corrected chi connectivity index (χ0v) is 20.1. The van der Waals surface area contributed by atoms with Gasteiger partial charge in [0.1, 0.15) is 4.88 Å². The fourth-order valence-electron chi connectivity index (χ4n) is 4.76. The van der Waals surface area contributed by atoms with Crippen molar-refractivity contribution in [3.8, 4) is 11.8 Å². The second-order valence-corrected chi connectivity index (χ2v) is 9.75. The molecule has 0 N–H and O–H groups in total. The number of thiophene rings is 1. The van der Waals surface area contributed by atoms with Crippen LogP contribution in [0.1, 0.15) is 53.2 Å². The van der Waals surface area contributed by atoms with Crippen LogP contribution in [0.15, 0.2) is 42.5 Å². The monoisotopic (exact) mass is 492 g/mol. The van der Waals surface area contributed by atoms with Gasteiger partial charge in [0.25, 0.3) is 0 Å². The summed E-state index contributed by atoms with van der Waals surface area (Å²) in [5.74, 6) is 2.70. The van der Waals surface area contributed by atoms with Gasteiger partial charge in [-0.15, -0.1) is 11.3 Å². The third-order valence-corrected chi connectivity index (χ3v) is 7.34. The summed E-state index contributed by atoms with van der Waals surface area (Å²) in [6.07, 6.45) is -3.93. The molecule has 4 atom stereocenters. The van der Waals surface area contributed by atoms with Gasteiger partial charge in [-0.25, -0.2) is 4.79 Å². The molecule has 1 saturated carbocycles. The molecule has 0 aliphatic heterocycles. The maximum atomic E-state index is 14.4. The lowest BCUT2D eigenvalue weighted by atomic mass is 9.80. The van der Waals surface area contributed by atoms with Gasteiger partial charge in [0, 0.05) is 35.6 Å².